The lowest BCUT2D eigenvalue weighted by Crippen LogP contribution is -2.10. The monoisotopic (exact) mass is 509 g/mol. The highest BCUT2D eigenvalue weighted by atomic mass is 35.5. The van der Waals surface area contributed by atoms with E-state index in [2.05, 4.69) is 20.6 Å². The highest BCUT2D eigenvalue weighted by Gasteiger charge is 2.33. The lowest BCUT2D eigenvalue weighted by atomic mass is 10.2. The Morgan fingerprint density at radius 3 is 2.20 bits per heavy atom. The Kier molecular flexibility index (Phi) is 7.75. The number of aromatic nitrogens is 2. The van der Waals surface area contributed by atoms with E-state index in [0.29, 0.717) is 11.3 Å². The summed E-state index contributed by atoms with van der Waals surface area (Å²) in [4.78, 5) is 30.7. The molecule has 0 aliphatic carbocycles. The highest BCUT2D eigenvalue weighted by Crippen LogP contribution is 2.38. The van der Waals surface area contributed by atoms with Crippen molar-refractivity contribution in [3.05, 3.63) is 75.1 Å². The third-order valence-electron chi connectivity index (χ3n) is 4.47. The molecule has 0 atom stereocenters. The number of ether oxygens (including phenoxy) is 1. The summed E-state index contributed by atoms with van der Waals surface area (Å²) in [6.07, 6.45) is -3.71. The number of esters is 1. The minimum Gasteiger partial charge on any atom is -0.462 e. The van der Waals surface area contributed by atoms with Crippen LogP contribution in [-0.4, -0.2) is 27.5 Å². The van der Waals surface area contributed by atoms with E-state index in [1.54, 1.807) is 0 Å². The van der Waals surface area contributed by atoms with E-state index >= 15 is 0 Å². The molecule has 3 rings (SSSR count). The van der Waals surface area contributed by atoms with Gasteiger partial charge in [-0.05, 0) is 48.4 Å². The minimum absolute atomic E-state index is 0.112. The number of nitrogens with one attached hydrogen (secondary N) is 2. The van der Waals surface area contributed by atoms with E-state index in [1.165, 1.54) is 30.3 Å². The number of benzene rings is 2. The molecular weight excluding hydrogens is 491 g/mol. The summed E-state index contributed by atoms with van der Waals surface area (Å²) in [5.74, 6) is -0.885. The predicted octanol–water partition coefficient (Wildman–Crippen LogP) is 6.36. The van der Waals surface area contributed by atoms with Gasteiger partial charge in [0.1, 0.15) is 6.33 Å². The SMILES string of the molecule is CC(C)COC(=O)c1ccc(Nc2ncnc(Nc3ccc(Cl)c(C(F)(F)F)c3)c2[N+](=O)[O-])cc1. The van der Waals surface area contributed by atoms with Crippen LogP contribution in [-0.2, 0) is 10.9 Å². The van der Waals surface area contributed by atoms with Crippen LogP contribution in [0.25, 0.3) is 0 Å². The van der Waals surface area contributed by atoms with Crippen molar-refractivity contribution in [1.29, 1.82) is 0 Å². The number of carbonyl (C=O) groups excluding carboxylic acids is 1. The van der Waals surface area contributed by atoms with Gasteiger partial charge >= 0.3 is 17.8 Å². The lowest BCUT2D eigenvalue weighted by Gasteiger charge is -2.13. The van der Waals surface area contributed by atoms with Gasteiger partial charge in [0, 0.05) is 11.4 Å². The molecule has 0 fully saturated rings. The van der Waals surface area contributed by atoms with Crippen molar-refractivity contribution in [3.8, 4) is 0 Å². The molecule has 2 N–H and O–H groups in total. The molecule has 0 spiro atoms. The standard InChI is InChI=1S/C22H19ClF3N5O4/c1-12(2)10-35-21(32)13-3-5-14(6-4-13)29-19-18(31(33)34)20(28-11-27-19)30-15-7-8-17(23)16(9-15)22(24,25)26/h3-9,11-12H,10H2,1-2H3,(H2,27,28,29,30). The number of anilines is 4. The van der Waals surface area contributed by atoms with Crippen molar-refractivity contribution in [3.63, 3.8) is 0 Å². The summed E-state index contributed by atoms with van der Waals surface area (Å²) in [6.45, 7) is 4.07. The molecule has 9 nitrogen and oxygen atoms in total. The molecule has 0 saturated heterocycles. The molecule has 13 heteroatoms. The van der Waals surface area contributed by atoms with Crippen LogP contribution < -0.4 is 10.6 Å². The Morgan fingerprint density at radius 1 is 1.09 bits per heavy atom. The zero-order chi connectivity index (χ0) is 25.8. The third kappa shape index (κ3) is 6.57. The van der Waals surface area contributed by atoms with Gasteiger partial charge in [-0.25, -0.2) is 14.8 Å². The first-order valence-corrected chi connectivity index (χ1v) is 10.5. The maximum Gasteiger partial charge on any atom is 0.417 e. The van der Waals surface area contributed by atoms with Crippen molar-refractivity contribution in [2.75, 3.05) is 17.2 Å². The summed E-state index contributed by atoms with van der Waals surface area (Å²) in [6, 6.07) is 8.92. The smallest absolute Gasteiger partial charge is 0.417 e. The van der Waals surface area contributed by atoms with Gasteiger partial charge < -0.3 is 15.4 Å². The van der Waals surface area contributed by atoms with Crippen LogP contribution in [0.2, 0.25) is 5.02 Å². The Hall–Kier alpha value is -3.93. The molecular formula is C22H19ClF3N5O4. The quantitative estimate of drug-likeness (QED) is 0.204. The third-order valence-corrected chi connectivity index (χ3v) is 4.80. The topological polar surface area (TPSA) is 119 Å². The largest absolute Gasteiger partial charge is 0.462 e. The first-order chi connectivity index (χ1) is 16.5. The second kappa shape index (κ2) is 10.6. The van der Waals surface area contributed by atoms with E-state index < -0.39 is 33.3 Å². The highest BCUT2D eigenvalue weighted by molar-refractivity contribution is 6.31. The van der Waals surface area contributed by atoms with E-state index in [4.69, 9.17) is 16.3 Å². The molecule has 1 aromatic heterocycles. The molecule has 184 valence electrons. The zero-order valence-electron chi connectivity index (χ0n) is 18.4. The van der Waals surface area contributed by atoms with Crippen LogP contribution in [0.4, 0.5) is 41.9 Å². The number of halogens is 4. The second-order valence-corrected chi connectivity index (χ2v) is 8.10. The first kappa shape index (κ1) is 25.7. The van der Waals surface area contributed by atoms with E-state index in [1.807, 2.05) is 13.8 Å². The van der Waals surface area contributed by atoms with E-state index in [-0.39, 0.29) is 29.8 Å². The summed E-state index contributed by atoms with van der Waals surface area (Å²) in [5.41, 5.74) is -1.16. The van der Waals surface area contributed by atoms with Crippen LogP contribution in [0.1, 0.15) is 29.8 Å². The van der Waals surface area contributed by atoms with Crippen molar-refractivity contribution in [2.45, 2.75) is 20.0 Å². The van der Waals surface area contributed by atoms with Gasteiger partial charge in [0.2, 0.25) is 11.6 Å². The fourth-order valence-corrected chi connectivity index (χ4v) is 3.07. The fourth-order valence-electron chi connectivity index (χ4n) is 2.84. The Labute approximate surface area is 202 Å². The normalized spacial score (nSPS) is 11.3. The molecule has 2 aromatic carbocycles. The average molecular weight is 510 g/mol. The van der Waals surface area contributed by atoms with E-state index in [9.17, 15) is 28.1 Å². The predicted molar refractivity (Wildman–Crippen MR) is 123 cm³/mol. The van der Waals surface area contributed by atoms with Crippen LogP contribution >= 0.6 is 11.6 Å². The Morgan fingerprint density at radius 2 is 1.66 bits per heavy atom. The number of nitrogens with zero attached hydrogens (tertiary/aromatic N) is 3. The maximum atomic E-state index is 13.2. The molecule has 0 radical (unpaired) electrons. The van der Waals surface area contributed by atoms with Crippen LogP contribution in [0.3, 0.4) is 0 Å². The zero-order valence-corrected chi connectivity index (χ0v) is 19.1. The van der Waals surface area contributed by atoms with Crippen molar-refractivity contribution >= 4 is 46.3 Å². The molecule has 0 unspecified atom stereocenters. The van der Waals surface area contributed by atoms with Gasteiger partial charge in [-0.15, -0.1) is 0 Å². The molecule has 1 heterocycles. The minimum atomic E-state index is -4.72. The molecule has 3 aromatic rings. The van der Waals surface area contributed by atoms with Crippen LogP contribution in [0.15, 0.2) is 48.8 Å². The average Bonchev–Trinajstić information content (AvgIpc) is 2.78. The van der Waals surface area contributed by atoms with Gasteiger partial charge in [-0.3, -0.25) is 10.1 Å². The fraction of sp³-hybridized carbons (Fsp3) is 0.227. The molecule has 0 aliphatic rings. The van der Waals surface area contributed by atoms with Gasteiger partial charge in [-0.2, -0.15) is 13.2 Å². The number of carbonyl (C=O) groups is 1. The Bertz CT molecular complexity index is 1240. The number of hydrogen-bond donors (Lipinski definition) is 2. The molecule has 0 amide bonds. The number of alkyl halides is 3. The molecule has 0 saturated carbocycles. The molecule has 0 aliphatic heterocycles. The second-order valence-electron chi connectivity index (χ2n) is 7.69. The van der Waals surface area contributed by atoms with Gasteiger partial charge in [-0.1, -0.05) is 25.4 Å². The van der Waals surface area contributed by atoms with Gasteiger partial charge in [0.25, 0.3) is 0 Å². The lowest BCUT2D eigenvalue weighted by molar-refractivity contribution is -0.383. The number of rotatable bonds is 8. The number of nitro groups is 1. The molecule has 35 heavy (non-hydrogen) atoms. The van der Waals surface area contributed by atoms with Crippen LogP contribution in [0, 0.1) is 16.0 Å². The summed E-state index contributed by atoms with van der Waals surface area (Å²) >= 11 is 5.62. The van der Waals surface area contributed by atoms with Crippen molar-refractivity contribution in [2.24, 2.45) is 5.92 Å². The van der Waals surface area contributed by atoms with Gasteiger partial charge in [0.05, 0.1) is 27.7 Å². The van der Waals surface area contributed by atoms with Crippen LogP contribution in [0.5, 0.6) is 0 Å². The van der Waals surface area contributed by atoms with E-state index in [0.717, 1.165) is 18.5 Å². The number of hydrogen-bond acceptors (Lipinski definition) is 8. The summed E-state index contributed by atoms with van der Waals surface area (Å²) < 4.78 is 44.6. The molecule has 0 bridgehead atoms. The first-order valence-electron chi connectivity index (χ1n) is 10.1. The van der Waals surface area contributed by atoms with Crippen molar-refractivity contribution < 1.29 is 27.6 Å². The van der Waals surface area contributed by atoms with Crippen molar-refractivity contribution in [1.82, 2.24) is 9.97 Å². The summed E-state index contributed by atoms with van der Waals surface area (Å²) in [5, 5.41) is 16.5. The summed E-state index contributed by atoms with van der Waals surface area (Å²) in [7, 11) is 0. The van der Waals surface area contributed by atoms with Gasteiger partial charge in [0.15, 0.2) is 0 Å². The Balaban J connectivity index is 1.85. The maximum absolute atomic E-state index is 13.2.